The summed E-state index contributed by atoms with van der Waals surface area (Å²) in [5, 5.41) is -0.0585. The lowest BCUT2D eigenvalue weighted by molar-refractivity contribution is -0.133. The Morgan fingerprint density at radius 3 is 2.31 bits per heavy atom. The first kappa shape index (κ1) is 19.7. The molecule has 0 saturated heterocycles. The van der Waals surface area contributed by atoms with Crippen LogP contribution in [0.3, 0.4) is 0 Å². The van der Waals surface area contributed by atoms with Crippen LogP contribution in [0.5, 0.6) is 0 Å². The molecule has 0 saturated carbocycles. The number of likely N-dealkylation sites (N-methyl/N-ethyl adjacent to an activating group) is 1. The maximum absolute atomic E-state index is 13.7. The van der Waals surface area contributed by atoms with Gasteiger partial charge in [-0.2, -0.15) is 0 Å². The largest absolute Gasteiger partial charge is 0.452 e. The summed E-state index contributed by atoms with van der Waals surface area (Å²) in [6.07, 6.45) is 0. The highest BCUT2D eigenvalue weighted by atomic mass is 35.5. The van der Waals surface area contributed by atoms with Crippen molar-refractivity contribution in [3.8, 4) is 0 Å². The molecule has 0 aliphatic heterocycles. The van der Waals surface area contributed by atoms with E-state index in [1.165, 1.54) is 17.0 Å². The van der Waals surface area contributed by atoms with Crippen LogP contribution in [0.1, 0.15) is 15.9 Å². The number of ether oxygens (including phenoxy) is 1. The number of nitrogens with zero attached hydrogens (tertiary/aromatic N) is 2. The first-order valence-corrected chi connectivity index (χ1v) is 8.28. The third-order valence-corrected chi connectivity index (χ3v) is 4.11. The highest BCUT2D eigenvalue weighted by Crippen LogP contribution is 2.20. The van der Waals surface area contributed by atoms with Gasteiger partial charge < -0.3 is 14.5 Å². The molecule has 1 amide bonds. The highest BCUT2D eigenvalue weighted by molar-refractivity contribution is 6.33. The number of amides is 1. The predicted octanol–water partition coefficient (Wildman–Crippen LogP) is 3.36. The molecular formula is C19H20ClFN2O3. The van der Waals surface area contributed by atoms with Crippen LogP contribution in [0, 0.1) is 5.82 Å². The standard InChI is InChI=1S/C19H20ClFN2O3/c1-22(2)14-9-7-13(8-10-14)11-23(3)17(24)12-26-19(25)18-15(20)5-4-6-16(18)21/h4-10H,11-12H2,1-3H3. The molecule has 7 heteroatoms. The van der Waals surface area contributed by atoms with Crippen LogP contribution < -0.4 is 4.90 Å². The maximum Gasteiger partial charge on any atom is 0.343 e. The number of carbonyl (C=O) groups excluding carboxylic acids is 2. The molecule has 0 fully saturated rings. The van der Waals surface area contributed by atoms with Gasteiger partial charge >= 0.3 is 5.97 Å². The molecule has 2 rings (SSSR count). The van der Waals surface area contributed by atoms with Gasteiger partial charge in [-0.25, -0.2) is 9.18 Å². The van der Waals surface area contributed by atoms with E-state index >= 15 is 0 Å². The van der Waals surface area contributed by atoms with Crippen molar-refractivity contribution in [2.45, 2.75) is 6.54 Å². The number of anilines is 1. The van der Waals surface area contributed by atoms with Gasteiger partial charge in [0.15, 0.2) is 6.61 Å². The van der Waals surface area contributed by atoms with Crippen LogP contribution in [0.2, 0.25) is 5.02 Å². The number of carbonyl (C=O) groups is 2. The average molecular weight is 379 g/mol. The molecule has 0 bridgehead atoms. The fraction of sp³-hybridized carbons (Fsp3) is 0.263. The van der Waals surface area contributed by atoms with Crippen LogP contribution in [-0.2, 0) is 16.1 Å². The monoisotopic (exact) mass is 378 g/mol. The van der Waals surface area contributed by atoms with Gasteiger partial charge in [0.1, 0.15) is 11.4 Å². The summed E-state index contributed by atoms with van der Waals surface area (Å²) in [7, 11) is 5.49. The molecular weight excluding hydrogens is 359 g/mol. The maximum atomic E-state index is 13.7. The molecule has 26 heavy (non-hydrogen) atoms. The number of rotatable bonds is 6. The minimum Gasteiger partial charge on any atom is -0.452 e. The second-order valence-corrected chi connectivity index (χ2v) is 6.39. The van der Waals surface area contributed by atoms with Crippen molar-refractivity contribution in [3.63, 3.8) is 0 Å². The summed E-state index contributed by atoms with van der Waals surface area (Å²) >= 11 is 5.80. The Balaban J connectivity index is 1.91. The molecule has 0 unspecified atom stereocenters. The van der Waals surface area contributed by atoms with Gasteiger partial charge in [-0.3, -0.25) is 4.79 Å². The van der Waals surface area contributed by atoms with E-state index in [9.17, 15) is 14.0 Å². The Hall–Kier alpha value is -2.60. The SMILES string of the molecule is CN(Cc1ccc(N(C)C)cc1)C(=O)COC(=O)c1c(F)cccc1Cl. The summed E-state index contributed by atoms with van der Waals surface area (Å²) in [4.78, 5) is 27.5. The van der Waals surface area contributed by atoms with E-state index in [0.717, 1.165) is 17.3 Å². The van der Waals surface area contributed by atoms with E-state index in [-0.39, 0.29) is 10.6 Å². The second-order valence-electron chi connectivity index (χ2n) is 5.98. The second kappa shape index (κ2) is 8.67. The van der Waals surface area contributed by atoms with Crippen molar-refractivity contribution in [1.29, 1.82) is 0 Å². The molecule has 0 radical (unpaired) electrons. The zero-order chi connectivity index (χ0) is 19.3. The van der Waals surface area contributed by atoms with Crippen molar-refractivity contribution in [1.82, 2.24) is 4.90 Å². The van der Waals surface area contributed by atoms with Crippen LogP contribution >= 0.6 is 11.6 Å². The van der Waals surface area contributed by atoms with E-state index in [0.29, 0.717) is 6.54 Å². The molecule has 5 nitrogen and oxygen atoms in total. The van der Waals surface area contributed by atoms with Crippen molar-refractivity contribution >= 4 is 29.2 Å². The van der Waals surface area contributed by atoms with Gasteiger partial charge in [-0.05, 0) is 29.8 Å². The van der Waals surface area contributed by atoms with E-state index < -0.39 is 24.3 Å². The third kappa shape index (κ3) is 4.95. The number of hydrogen-bond acceptors (Lipinski definition) is 4. The fourth-order valence-corrected chi connectivity index (χ4v) is 2.50. The lowest BCUT2D eigenvalue weighted by Gasteiger charge is -2.18. The quantitative estimate of drug-likeness (QED) is 0.723. The number of benzene rings is 2. The molecule has 0 spiro atoms. The van der Waals surface area contributed by atoms with E-state index in [1.807, 2.05) is 43.3 Å². The van der Waals surface area contributed by atoms with Crippen molar-refractivity contribution in [3.05, 3.63) is 64.4 Å². The van der Waals surface area contributed by atoms with Crippen molar-refractivity contribution in [2.24, 2.45) is 0 Å². The van der Waals surface area contributed by atoms with Gasteiger partial charge in [-0.15, -0.1) is 0 Å². The van der Waals surface area contributed by atoms with E-state index in [4.69, 9.17) is 16.3 Å². The molecule has 0 aromatic heterocycles. The Morgan fingerprint density at radius 1 is 1.08 bits per heavy atom. The van der Waals surface area contributed by atoms with E-state index in [2.05, 4.69) is 0 Å². The van der Waals surface area contributed by atoms with Crippen LogP contribution in [-0.4, -0.2) is 44.5 Å². The molecule has 0 N–H and O–H groups in total. The predicted molar refractivity (Wildman–Crippen MR) is 98.9 cm³/mol. The molecule has 0 aliphatic carbocycles. The highest BCUT2D eigenvalue weighted by Gasteiger charge is 2.19. The molecule has 2 aromatic rings. The van der Waals surface area contributed by atoms with Gasteiger partial charge in [0.05, 0.1) is 5.02 Å². The first-order chi connectivity index (χ1) is 12.3. The molecule has 0 aliphatic rings. The topological polar surface area (TPSA) is 49.9 Å². The Morgan fingerprint density at radius 2 is 1.73 bits per heavy atom. The first-order valence-electron chi connectivity index (χ1n) is 7.91. The third-order valence-electron chi connectivity index (χ3n) is 3.79. The van der Waals surface area contributed by atoms with Crippen LogP contribution in [0.4, 0.5) is 10.1 Å². The molecule has 0 heterocycles. The fourth-order valence-electron chi connectivity index (χ4n) is 2.26. The van der Waals surface area contributed by atoms with Gasteiger partial charge in [0.2, 0.25) is 0 Å². The summed E-state index contributed by atoms with van der Waals surface area (Å²) in [5.74, 6) is -2.16. The minimum atomic E-state index is -0.967. The van der Waals surface area contributed by atoms with Gasteiger partial charge in [0, 0.05) is 33.4 Å². The molecule has 2 aromatic carbocycles. The summed E-state index contributed by atoms with van der Waals surface area (Å²) in [5.41, 5.74) is 1.62. The summed E-state index contributed by atoms with van der Waals surface area (Å²) in [6.45, 7) is -0.125. The summed E-state index contributed by atoms with van der Waals surface area (Å²) < 4.78 is 18.6. The zero-order valence-corrected chi connectivity index (χ0v) is 15.6. The zero-order valence-electron chi connectivity index (χ0n) is 14.8. The minimum absolute atomic E-state index is 0.0585. The Labute approximate surface area is 156 Å². The van der Waals surface area contributed by atoms with Crippen LogP contribution in [0.25, 0.3) is 0 Å². The smallest absolute Gasteiger partial charge is 0.343 e. The molecule has 0 atom stereocenters. The van der Waals surface area contributed by atoms with Gasteiger partial charge in [0.25, 0.3) is 5.91 Å². The average Bonchev–Trinajstić information content (AvgIpc) is 2.59. The Bertz CT molecular complexity index is 774. The molecule has 138 valence electrons. The summed E-state index contributed by atoms with van der Waals surface area (Å²) in [6, 6.07) is 11.6. The number of esters is 1. The normalized spacial score (nSPS) is 10.3. The lowest BCUT2D eigenvalue weighted by atomic mass is 10.2. The van der Waals surface area contributed by atoms with Crippen LogP contribution in [0.15, 0.2) is 42.5 Å². The number of halogens is 2. The van der Waals surface area contributed by atoms with E-state index in [1.54, 1.807) is 7.05 Å². The van der Waals surface area contributed by atoms with Crippen molar-refractivity contribution in [2.75, 3.05) is 32.6 Å². The van der Waals surface area contributed by atoms with Crippen molar-refractivity contribution < 1.29 is 18.7 Å². The lowest BCUT2D eigenvalue weighted by Crippen LogP contribution is -2.31. The van der Waals surface area contributed by atoms with Gasteiger partial charge in [-0.1, -0.05) is 29.8 Å². The number of hydrogen-bond donors (Lipinski definition) is 0. The Kier molecular flexibility index (Phi) is 6.58.